The van der Waals surface area contributed by atoms with Crippen molar-refractivity contribution >= 4 is 33.3 Å². The van der Waals surface area contributed by atoms with Gasteiger partial charge in [0.05, 0.1) is 17.6 Å². The quantitative estimate of drug-likeness (QED) is 0.644. The molecule has 4 heteroatoms. The zero-order valence-electron chi connectivity index (χ0n) is 6.15. The van der Waals surface area contributed by atoms with Crippen molar-refractivity contribution in [2.75, 3.05) is 0 Å². The number of hydrogen-bond donors (Lipinski definition) is 0. The molecule has 0 saturated heterocycles. The molecule has 1 rings (SSSR count). The Balaban J connectivity index is 0.00000121. The van der Waals surface area contributed by atoms with Gasteiger partial charge in [0, 0.05) is 5.56 Å². The Labute approximate surface area is 89.8 Å². The van der Waals surface area contributed by atoms with Crippen LogP contribution in [0.2, 0.25) is 0 Å². The van der Waals surface area contributed by atoms with Crippen molar-refractivity contribution in [1.29, 1.82) is 5.26 Å². The molecule has 0 aliphatic heterocycles. The fraction of sp³-hybridized carbons (Fsp3) is 0. The Hall–Kier alpha value is -0.898. The predicted octanol–water partition coefficient (Wildman–Crippen LogP) is -0.459. The molecule has 0 atom stereocenters. The van der Waals surface area contributed by atoms with Crippen molar-refractivity contribution in [2.45, 2.75) is 0 Å². The number of carboxylic acids is 1. The van der Waals surface area contributed by atoms with Gasteiger partial charge in [-0.1, -0.05) is 18.2 Å². The second-order valence-corrected chi connectivity index (χ2v) is 1.94. The van der Waals surface area contributed by atoms with Crippen LogP contribution in [0.25, 0.3) is 0 Å². The third-order valence-corrected chi connectivity index (χ3v) is 1.27. The summed E-state index contributed by atoms with van der Waals surface area (Å²) in [5.74, 6) is -1.32. The molecule has 0 unspecified atom stereocenters. The standard InChI is InChI=1S/C8H5NO2.Tl/c9-5-6-3-1-2-4-7(6)8(10)11;/h1-4H,(H,10,11);/q;+1/p-1. The normalized spacial score (nSPS) is 7.92. The number of hydrogen-bond acceptors (Lipinski definition) is 3. The first-order valence-electron chi connectivity index (χ1n) is 2.96. The largest absolute Gasteiger partial charge is 1.00 e. The fourth-order valence-electron chi connectivity index (χ4n) is 0.759. The molecule has 0 amide bonds. The second-order valence-electron chi connectivity index (χ2n) is 1.94. The molecule has 0 spiro atoms. The summed E-state index contributed by atoms with van der Waals surface area (Å²) in [6.07, 6.45) is 0. The molecule has 0 aromatic heterocycles. The van der Waals surface area contributed by atoms with Crippen LogP contribution < -0.4 is 5.11 Å². The molecular weight excluding hydrogens is 346 g/mol. The first-order chi connectivity index (χ1) is 5.25. The summed E-state index contributed by atoms with van der Waals surface area (Å²) in [6, 6.07) is 7.68. The molecule has 0 aliphatic carbocycles. The summed E-state index contributed by atoms with van der Waals surface area (Å²) in [5, 5.41) is 18.7. The molecule has 3 nitrogen and oxygen atoms in total. The van der Waals surface area contributed by atoms with E-state index in [9.17, 15) is 9.90 Å². The SMILES string of the molecule is N#Cc1ccccc1C(=O)[O-].[Tl+]. The number of carbonyl (C=O) groups is 1. The summed E-state index contributed by atoms with van der Waals surface area (Å²) in [6.45, 7) is 0. The summed E-state index contributed by atoms with van der Waals surface area (Å²) in [7, 11) is 0. The van der Waals surface area contributed by atoms with Crippen molar-refractivity contribution in [3.63, 3.8) is 0 Å². The third kappa shape index (κ3) is 2.30. The molecular formula is C8H4NO2Tl. The van der Waals surface area contributed by atoms with Crippen LogP contribution in [0.15, 0.2) is 24.3 Å². The van der Waals surface area contributed by atoms with Crippen LogP contribution in [0.1, 0.15) is 15.9 Å². The maximum Gasteiger partial charge on any atom is 1.00 e. The number of rotatable bonds is 1. The molecule has 0 saturated carbocycles. The van der Waals surface area contributed by atoms with Crippen LogP contribution >= 0.6 is 0 Å². The molecule has 12 heavy (non-hydrogen) atoms. The van der Waals surface area contributed by atoms with Gasteiger partial charge in [-0.05, 0) is 6.07 Å². The predicted molar refractivity (Wildman–Crippen MR) is 41.2 cm³/mol. The average Bonchev–Trinajstić information content (AvgIpc) is 2.04. The van der Waals surface area contributed by atoms with Crippen LogP contribution in [-0.4, -0.2) is 33.3 Å². The van der Waals surface area contributed by atoms with E-state index >= 15 is 0 Å². The van der Waals surface area contributed by atoms with Crippen molar-refractivity contribution in [3.8, 4) is 6.07 Å². The van der Waals surface area contributed by atoms with Gasteiger partial charge in [0.25, 0.3) is 0 Å². The van der Waals surface area contributed by atoms with Crippen molar-refractivity contribution in [3.05, 3.63) is 35.4 Å². The summed E-state index contributed by atoms with van der Waals surface area (Å²) in [5.41, 5.74) is 0.0718. The summed E-state index contributed by atoms with van der Waals surface area (Å²) >= 11 is 0. The third-order valence-electron chi connectivity index (χ3n) is 1.27. The Bertz CT molecular complexity index is 330. The minimum absolute atomic E-state index is 0. The molecule has 0 bridgehead atoms. The molecule has 0 heterocycles. The van der Waals surface area contributed by atoms with Gasteiger partial charge in [0.2, 0.25) is 0 Å². The first kappa shape index (κ1) is 11.1. The zero-order chi connectivity index (χ0) is 8.27. The van der Waals surface area contributed by atoms with Gasteiger partial charge in [-0.3, -0.25) is 0 Å². The van der Waals surface area contributed by atoms with Gasteiger partial charge in [-0.2, -0.15) is 5.26 Å². The van der Waals surface area contributed by atoms with Crippen LogP contribution in [0.4, 0.5) is 0 Å². The Morgan fingerprint density at radius 3 is 2.42 bits per heavy atom. The van der Waals surface area contributed by atoms with E-state index in [2.05, 4.69) is 0 Å². The molecule has 0 N–H and O–H groups in total. The minimum atomic E-state index is -1.32. The van der Waals surface area contributed by atoms with Gasteiger partial charge >= 0.3 is 27.3 Å². The minimum Gasteiger partial charge on any atom is -0.545 e. The van der Waals surface area contributed by atoms with Crippen molar-refractivity contribution in [2.24, 2.45) is 0 Å². The zero-order valence-corrected chi connectivity index (χ0v) is 10.6. The number of nitrogens with zero attached hydrogens (tertiary/aromatic N) is 1. The number of carboxylic acid groups (broad SMARTS) is 1. The Kier molecular flexibility index (Phi) is 4.51. The van der Waals surface area contributed by atoms with Crippen LogP contribution in [-0.2, 0) is 0 Å². The Morgan fingerprint density at radius 1 is 1.42 bits per heavy atom. The maximum absolute atomic E-state index is 10.3. The number of nitriles is 1. The fourth-order valence-corrected chi connectivity index (χ4v) is 0.759. The molecule has 0 aliphatic rings. The van der Waals surface area contributed by atoms with Crippen LogP contribution in [0.5, 0.6) is 0 Å². The van der Waals surface area contributed by atoms with Gasteiger partial charge < -0.3 is 9.90 Å². The summed E-state index contributed by atoms with van der Waals surface area (Å²) in [4.78, 5) is 10.3. The van der Waals surface area contributed by atoms with Gasteiger partial charge in [0.15, 0.2) is 0 Å². The van der Waals surface area contributed by atoms with Gasteiger partial charge in [0.1, 0.15) is 0 Å². The van der Waals surface area contributed by atoms with Crippen molar-refractivity contribution < 1.29 is 9.90 Å². The first-order valence-corrected chi connectivity index (χ1v) is 2.96. The van der Waals surface area contributed by atoms with Crippen molar-refractivity contribution in [1.82, 2.24) is 0 Å². The molecule has 56 valence electrons. The average molecular weight is 351 g/mol. The molecule has 1 aromatic carbocycles. The topological polar surface area (TPSA) is 63.9 Å². The van der Waals surface area contributed by atoms with E-state index < -0.39 is 5.97 Å². The van der Waals surface area contributed by atoms with E-state index in [0.717, 1.165) is 0 Å². The van der Waals surface area contributed by atoms with E-state index in [1.165, 1.54) is 12.1 Å². The second kappa shape index (κ2) is 4.88. The Morgan fingerprint density at radius 2 is 2.00 bits per heavy atom. The maximum atomic E-state index is 10.3. The van der Waals surface area contributed by atoms with E-state index in [0.29, 0.717) is 0 Å². The summed E-state index contributed by atoms with van der Waals surface area (Å²) < 4.78 is 0. The number of aromatic carboxylic acids is 1. The van der Waals surface area contributed by atoms with E-state index in [-0.39, 0.29) is 38.4 Å². The van der Waals surface area contributed by atoms with E-state index in [1.54, 1.807) is 18.2 Å². The number of carbonyl (C=O) groups excluding carboxylic acids is 1. The van der Waals surface area contributed by atoms with Gasteiger partial charge in [-0.25, -0.2) is 0 Å². The van der Waals surface area contributed by atoms with Crippen LogP contribution in [0, 0.1) is 11.3 Å². The molecule has 1 aromatic rings. The monoisotopic (exact) mass is 351 g/mol. The molecule has 0 fully saturated rings. The van der Waals surface area contributed by atoms with Crippen LogP contribution in [0.3, 0.4) is 0 Å². The molecule has 0 radical (unpaired) electrons. The van der Waals surface area contributed by atoms with Gasteiger partial charge in [-0.15, -0.1) is 0 Å². The van der Waals surface area contributed by atoms with E-state index in [1.807, 2.05) is 0 Å². The van der Waals surface area contributed by atoms with E-state index in [4.69, 9.17) is 5.26 Å². The number of benzene rings is 1. The smallest absolute Gasteiger partial charge is 0.545 e.